The molecule has 1 fully saturated rings. The number of hydrogen-bond acceptors (Lipinski definition) is 1. The Balaban J connectivity index is 0.00000121. The molecule has 1 aliphatic heterocycles. The van der Waals surface area contributed by atoms with E-state index in [2.05, 4.69) is 0 Å². The maximum atomic E-state index is 12.0. The van der Waals surface area contributed by atoms with Gasteiger partial charge in [0.05, 0.1) is 13.1 Å². The van der Waals surface area contributed by atoms with Crippen LogP contribution in [0.15, 0.2) is 0 Å². The van der Waals surface area contributed by atoms with Crippen molar-refractivity contribution in [1.82, 2.24) is 4.90 Å². The number of halogens is 5. The van der Waals surface area contributed by atoms with Crippen LogP contribution >= 0.6 is 0 Å². The third-order valence-corrected chi connectivity index (χ3v) is 1.38. The third kappa shape index (κ3) is 4.52. The van der Waals surface area contributed by atoms with E-state index in [-0.39, 0.29) is 51.4 Å². The van der Waals surface area contributed by atoms with E-state index >= 15 is 0 Å². The molecule has 0 aromatic heterocycles. The number of hydrogen-bond donors (Lipinski definition) is 0. The first-order valence-corrected chi connectivity index (χ1v) is 3.10. The summed E-state index contributed by atoms with van der Waals surface area (Å²) in [6, 6.07) is 0. The van der Waals surface area contributed by atoms with Crippen molar-refractivity contribution >= 4 is 6.98 Å². The summed E-state index contributed by atoms with van der Waals surface area (Å²) in [7, 11) is 0. The minimum atomic E-state index is -4.95. The average Bonchev–Trinajstić information content (AvgIpc) is 1.53. The second-order valence-corrected chi connectivity index (χ2v) is 2.74. The molecule has 0 saturated carbocycles. The molecule has 1 rings (SSSR count). The van der Waals surface area contributed by atoms with Crippen LogP contribution in [0.4, 0.5) is 21.7 Å². The molecule has 0 amide bonds. The summed E-state index contributed by atoms with van der Waals surface area (Å²) in [5.74, 6) is -2.90. The monoisotopic (exact) mass is 213 g/mol. The second kappa shape index (κ2) is 4.22. The van der Waals surface area contributed by atoms with Gasteiger partial charge in [0.25, 0.3) is 5.92 Å². The molecule has 1 aliphatic rings. The Morgan fingerprint density at radius 3 is 1.83 bits per heavy atom. The van der Waals surface area contributed by atoms with E-state index in [0.717, 1.165) is 0 Å². The maximum Gasteiger partial charge on any atom is 1.00 e. The average molecular weight is 213 g/mol. The van der Waals surface area contributed by atoms with E-state index in [0.29, 0.717) is 4.90 Å². The van der Waals surface area contributed by atoms with Crippen LogP contribution in [0.25, 0.3) is 0 Å². The zero-order valence-electron chi connectivity index (χ0n) is 6.54. The molecule has 0 N–H and O–H groups in total. The van der Waals surface area contributed by atoms with Gasteiger partial charge in [-0.05, 0) is 6.44 Å². The smallest absolute Gasteiger partial charge is 0.448 e. The van der Waals surface area contributed by atoms with Crippen LogP contribution in [0.3, 0.4) is 0 Å². The molecule has 0 atom stereocenters. The van der Waals surface area contributed by atoms with Crippen molar-refractivity contribution in [2.45, 2.75) is 5.92 Å². The van der Waals surface area contributed by atoms with Crippen LogP contribution in [0.5, 0.6) is 0 Å². The number of alkyl halides is 2. The fraction of sp³-hybridized carbons (Fsp3) is 1.00. The van der Waals surface area contributed by atoms with Crippen molar-refractivity contribution in [3.05, 3.63) is 0 Å². The van der Waals surface area contributed by atoms with Crippen molar-refractivity contribution in [3.63, 3.8) is 0 Å². The first-order chi connectivity index (χ1) is 4.79. The molecule has 0 bridgehead atoms. The molecular formula is C4H6BF5KN. The van der Waals surface area contributed by atoms with Crippen molar-refractivity contribution < 1.29 is 73.1 Å². The Labute approximate surface area is 109 Å². The summed E-state index contributed by atoms with van der Waals surface area (Å²) in [6.07, 6.45) is -1.17. The van der Waals surface area contributed by atoms with E-state index in [4.69, 9.17) is 0 Å². The van der Waals surface area contributed by atoms with Crippen LogP contribution in [0.1, 0.15) is 0 Å². The third-order valence-electron chi connectivity index (χ3n) is 1.38. The molecule has 1 saturated heterocycles. The standard InChI is InChI=1S/C4H6BF5N.K/c6-4(7)1-11(2-4)3-5(8,9)10;/h1-3H2;/q-1;+1. The van der Waals surface area contributed by atoms with Gasteiger partial charge in [0, 0.05) is 0 Å². The van der Waals surface area contributed by atoms with Crippen molar-refractivity contribution in [2.24, 2.45) is 0 Å². The van der Waals surface area contributed by atoms with Gasteiger partial charge in [0.2, 0.25) is 0 Å². The Morgan fingerprint density at radius 2 is 1.58 bits per heavy atom. The van der Waals surface area contributed by atoms with Gasteiger partial charge >= 0.3 is 58.4 Å². The minimum absolute atomic E-state index is 0. The van der Waals surface area contributed by atoms with Gasteiger partial charge in [0.15, 0.2) is 0 Å². The van der Waals surface area contributed by atoms with Gasteiger partial charge in [-0.2, -0.15) is 0 Å². The SMILES string of the molecule is F[B-](F)(F)CN1CC(F)(F)C1.[K+]. The van der Waals surface area contributed by atoms with Gasteiger partial charge in [-0.15, -0.1) is 0 Å². The van der Waals surface area contributed by atoms with Gasteiger partial charge in [0.1, 0.15) is 0 Å². The molecule has 12 heavy (non-hydrogen) atoms. The van der Waals surface area contributed by atoms with Gasteiger partial charge < -0.3 is 17.8 Å². The Morgan fingerprint density at radius 1 is 1.17 bits per heavy atom. The summed E-state index contributed by atoms with van der Waals surface area (Å²) >= 11 is 0. The summed E-state index contributed by atoms with van der Waals surface area (Å²) in [5, 5.41) is 0. The topological polar surface area (TPSA) is 3.24 Å². The molecule has 0 aromatic carbocycles. The van der Waals surface area contributed by atoms with Crippen LogP contribution in [0, 0.1) is 0 Å². The number of rotatable bonds is 2. The molecule has 1 nitrogen and oxygen atoms in total. The molecule has 0 spiro atoms. The van der Waals surface area contributed by atoms with E-state index in [1.807, 2.05) is 0 Å². The normalized spacial score (nSPS) is 22.8. The summed E-state index contributed by atoms with van der Waals surface area (Å²) in [4.78, 5) is 0.694. The molecule has 8 heteroatoms. The minimum Gasteiger partial charge on any atom is -0.448 e. The molecule has 1 heterocycles. The quantitative estimate of drug-likeness (QED) is 0.391. The summed E-state index contributed by atoms with van der Waals surface area (Å²) < 4.78 is 58.6. The van der Waals surface area contributed by atoms with Gasteiger partial charge in [-0.1, -0.05) is 0 Å². The van der Waals surface area contributed by atoms with Crippen molar-refractivity contribution in [1.29, 1.82) is 0 Å². The predicted octanol–water partition coefficient (Wildman–Crippen LogP) is -1.67. The number of nitrogens with zero attached hydrogens (tertiary/aromatic N) is 1. The maximum absolute atomic E-state index is 12.0. The van der Waals surface area contributed by atoms with E-state index in [9.17, 15) is 21.7 Å². The van der Waals surface area contributed by atoms with Crippen LogP contribution in [-0.4, -0.2) is 37.3 Å². The Bertz CT molecular complexity index is 152. The van der Waals surface area contributed by atoms with E-state index in [1.54, 1.807) is 0 Å². The summed E-state index contributed by atoms with van der Waals surface area (Å²) in [5.41, 5.74) is 0. The van der Waals surface area contributed by atoms with Crippen LogP contribution < -0.4 is 51.4 Å². The van der Waals surface area contributed by atoms with E-state index < -0.39 is 32.4 Å². The van der Waals surface area contributed by atoms with Crippen LogP contribution in [-0.2, 0) is 0 Å². The number of likely N-dealkylation sites (tertiary alicyclic amines) is 1. The molecule has 0 unspecified atom stereocenters. The van der Waals surface area contributed by atoms with Crippen molar-refractivity contribution in [3.8, 4) is 0 Å². The Hall–Kier alpha value is 1.31. The zero-order valence-corrected chi connectivity index (χ0v) is 9.66. The molecular weight excluding hydrogens is 207 g/mol. The predicted molar refractivity (Wildman–Crippen MR) is 30.5 cm³/mol. The summed E-state index contributed by atoms with van der Waals surface area (Å²) in [6.45, 7) is -6.46. The zero-order chi connectivity index (χ0) is 8.70. The molecule has 0 radical (unpaired) electrons. The largest absolute Gasteiger partial charge is 1.00 e. The fourth-order valence-corrected chi connectivity index (χ4v) is 1.03. The first-order valence-electron chi connectivity index (χ1n) is 3.10. The van der Waals surface area contributed by atoms with Crippen molar-refractivity contribution in [2.75, 3.05) is 19.5 Å². The second-order valence-electron chi connectivity index (χ2n) is 2.74. The first kappa shape index (κ1) is 13.3. The molecule has 66 valence electrons. The fourth-order valence-electron chi connectivity index (χ4n) is 1.03. The van der Waals surface area contributed by atoms with Gasteiger partial charge in [-0.25, -0.2) is 8.78 Å². The molecule has 0 aromatic rings. The molecule has 0 aliphatic carbocycles. The Kier molecular flexibility index (Phi) is 4.69. The van der Waals surface area contributed by atoms with E-state index in [1.165, 1.54) is 0 Å². The van der Waals surface area contributed by atoms with Crippen LogP contribution in [0.2, 0.25) is 0 Å². The van der Waals surface area contributed by atoms with Gasteiger partial charge in [-0.3, -0.25) is 0 Å².